The van der Waals surface area contributed by atoms with Gasteiger partial charge in [-0.3, -0.25) is 0 Å². The highest BCUT2D eigenvalue weighted by Gasteiger charge is 2.12. The van der Waals surface area contributed by atoms with Crippen LogP contribution in [0.2, 0.25) is 5.02 Å². The molecule has 3 heteroatoms. The third-order valence-electron chi connectivity index (χ3n) is 1.87. The molecule has 0 radical (unpaired) electrons. The summed E-state index contributed by atoms with van der Waals surface area (Å²) in [4.78, 5) is 10.8. The van der Waals surface area contributed by atoms with Crippen molar-refractivity contribution >= 4 is 17.6 Å². The minimum absolute atomic E-state index is 0.171. The van der Waals surface area contributed by atoms with Crippen molar-refractivity contribution in [2.45, 2.75) is 19.8 Å². The topological polar surface area (TPSA) is 37.3 Å². The monoisotopic (exact) mass is 198 g/mol. The summed E-state index contributed by atoms with van der Waals surface area (Å²) in [6.07, 6.45) is 0. The number of halogens is 1. The van der Waals surface area contributed by atoms with Gasteiger partial charge in [0, 0.05) is 5.02 Å². The van der Waals surface area contributed by atoms with Gasteiger partial charge in [0.25, 0.3) is 0 Å². The molecule has 0 spiro atoms. The van der Waals surface area contributed by atoms with Crippen LogP contribution in [-0.4, -0.2) is 11.1 Å². The summed E-state index contributed by atoms with van der Waals surface area (Å²) in [6, 6.07) is 4.84. The van der Waals surface area contributed by atoms with Crippen LogP contribution in [0.1, 0.15) is 35.7 Å². The Morgan fingerprint density at radius 3 is 2.54 bits per heavy atom. The lowest BCUT2D eigenvalue weighted by atomic mass is 9.97. The van der Waals surface area contributed by atoms with E-state index in [0.29, 0.717) is 10.6 Å². The first-order valence-electron chi connectivity index (χ1n) is 4.05. The molecule has 1 aromatic carbocycles. The maximum absolute atomic E-state index is 10.8. The number of carboxylic acid groups (broad SMARTS) is 1. The maximum atomic E-state index is 10.8. The molecule has 0 aliphatic rings. The van der Waals surface area contributed by atoms with E-state index in [2.05, 4.69) is 0 Å². The summed E-state index contributed by atoms with van der Waals surface area (Å²) < 4.78 is 0. The fourth-order valence-electron chi connectivity index (χ4n) is 1.21. The van der Waals surface area contributed by atoms with Crippen LogP contribution in [-0.2, 0) is 0 Å². The van der Waals surface area contributed by atoms with Gasteiger partial charge < -0.3 is 5.11 Å². The zero-order valence-corrected chi connectivity index (χ0v) is 8.30. The molecule has 0 aromatic heterocycles. The Kier molecular flexibility index (Phi) is 2.94. The van der Waals surface area contributed by atoms with E-state index >= 15 is 0 Å². The highest BCUT2D eigenvalue weighted by Crippen LogP contribution is 2.23. The van der Waals surface area contributed by atoms with Gasteiger partial charge in [0.05, 0.1) is 5.56 Å². The Balaban J connectivity index is 3.26. The molecule has 1 N–H and O–H groups in total. The van der Waals surface area contributed by atoms with Crippen LogP contribution in [0.25, 0.3) is 0 Å². The predicted molar refractivity (Wildman–Crippen MR) is 52.5 cm³/mol. The molecule has 0 atom stereocenters. The minimum atomic E-state index is -0.902. The molecule has 0 aliphatic carbocycles. The van der Waals surface area contributed by atoms with E-state index in [4.69, 9.17) is 16.7 Å². The molecule has 0 bridgehead atoms. The zero-order valence-electron chi connectivity index (χ0n) is 7.54. The summed E-state index contributed by atoms with van der Waals surface area (Å²) >= 11 is 5.77. The van der Waals surface area contributed by atoms with Gasteiger partial charge in [-0.15, -0.1) is 0 Å². The van der Waals surface area contributed by atoms with Crippen molar-refractivity contribution in [3.63, 3.8) is 0 Å². The van der Waals surface area contributed by atoms with Crippen molar-refractivity contribution in [3.05, 3.63) is 34.3 Å². The van der Waals surface area contributed by atoms with Gasteiger partial charge in [-0.2, -0.15) is 0 Å². The van der Waals surface area contributed by atoms with E-state index in [1.807, 2.05) is 13.8 Å². The second kappa shape index (κ2) is 3.79. The highest BCUT2D eigenvalue weighted by molar-refractivity contribution is 6.30. The average Bonchev–Trinajstić information content (AvgIpc) is 2.03. The molecule has 2 nitrogen and oxygen atoms in total. The van der Waals surface area contributed by atoms with E-state index < -0.39 is 5.97 Å². The van der Waals surface area contributed by atoms with Crippen molar-refractivity contribution in [2.75, 3.05) is 0 Å². The summed E-state index contributed by atoms with van der Waals surface area (Å²) in [7, 11) is 0. The number of carbonyl (C=O) groups is 1. The van der Waals surface area contributed by atoms with Gasteiger partial charge in [-0.05, 0) is 29.7 Å². The molecular weight excluding hydrogens is 188 g/mol. The van der Waals surface area contributed by atoms with Crippen LogP contribution >= 0.6 is 11.6 Å². The molecule has 0 saturated carbocycles. The molecule has 0 aliphatic heterocycles. The standard InChI is InChI=1S/C10H11ClO2/c1-6(2)9-5-7(11)3-4-8(9)10(12)13/h3-6H,1-2H3,(H,12,13). The Labute approximate surface area is 82.2 Å². The number of hydrogen-bond donors (Lipinski definition) is 1. The largest absolute Gasteiger partial charge is 0.478 e. The van der Waals surface area contributed by atoms with Crippen LogP contribution in [0.5, 0.6) is 0 Å². The second-order valence-electron chi connectivity index (χ2n) is 3.19. The van der Waals surface area contributed by atoms with E-state index in [1.54, 1.807) is 18.2 Å². The van der Waals surface area contributed by atoms with Crippen molar-refractivity contribution in [3.8, 4) is 0 Å². The van der Waals surface area contributed by atoms with E-state index in [1.165, 1.54) is 0 Å². The summed E-state index contributed by atoms with van der Waals surface area (Å²) in [5.74, 6) is -0.731. The fraction of sp³-hybridized carbons (Fsp3) is 0.300. The van der Waals surface area contributed by atoms with Gasteiger partial charge in [0.1, 0.15) is 0 Å². The van der Waals surface area contributed by atoms with Gasteiger partial charge in [-0.25, -0.2) is 4.79 Å². The molecule has 0 heterocycles. The third-order valence-corrected chi connectivity index (χ3v) is 2.10. The van der Waals surface area contributed by atoms with Crippen LogP contribution in [0.3, 0.4) is 0 Å². The van der Waals surface area contributed by atoms with Gasteiger partial charge >= 0.3 is 5.97 Å². The number of carboxylic acids is 1. The first kappa shape index (κ1) is 10.1. The molecule has 0 unspecified atom stereocenters. The lowest BCUT2D eigenvalue weighted by Crippen LogP contribution is -2.03. The van der Waals surface area contributed by atoms with E-state index in [-0.39, 0.29) is 5.92 Å². The number of aromatic carboxylic acids is 1. The maximum Gasteiger partial charge on any atom is 0.335 e. The van der Waals surface area contributed by atoms with Gasteiger partial charge in [0.15, 0.2) is 0 Å². The third kappa shape index (κ3) is 2.22. The molecule has 0 amide bonds. The first-order chi connectivity index (χ1) is 6.02. The summed E-state index contributed by atoms with van der Waals surface area (Å²) in [6.45, 7) is 3.89. The second-order valence-corrected chi connectivity index (χ2v) is 3.63. The molecular formula is C10H11ClO2. The van der Waals surface area contributed by atoms with Crippen LogP contribution in [0.4, 0.5) is 0 Å². The lowest BCUT2D eigenvalue weighted by molar-refractivity contribution is 0.0695. The molecule has 0 saturated heterocycles. The van der Waals surface area contributed by atoms with Crippen LogP contribution < -0.4 is 0 Å². The molecule has 0 fully saturated rings. The molecule has 1 aromatic rings. The Morgan fingerprint density at radius 1 is 1.46 bits per heavy atom. The summed E-state index contributed by atoms with van der Waals surface area (Å²) in [5, 5.41) is 9.44. The fourth-order valence-corrected chi connectivity index (χ4v) is 1.39. The van der Waals surface area contributed by atoms with Crippen LogP contribution in [0, 0.1) is 0 Å². The van der Waals surface area contributed by atoms with Crippen molar-refractivity contribution in [2.24, 2.45) is 0 Å². The minimum Gasteiger partial charge on any atom is -0.478 e. The lowest BCUT2D eigenvalue weighted by Gasteiger charge is -2.09. The average molecular weight is 199 g/mol. The number of rotatable bonds is 2. The van der Waals surface area contributed by atoms with Crippen LogP contribution in [0.15, 0.2) is 18.2 Å². The van der Waals surface area contributed by atoms with Gasteiger partial charge in [-0.1, -0.05) is 25.4 Å². The zero-order chi connectivity index (χ0) is 10.0. The van der Waals surface area contributed by atoms with E-state index in [0.717, 1.165) is 5.56 Å². The highest BCUT2D eigenvalue weighted by atomic mass is 35.5. The van der Waals surface area contributed by atoms with Crippen molar-refractivity contribution < 1.29 is 9.90 Å². The predicted octanol–water partition coefficient (Wildman–Crippen LogP) is 3.16. The number of hydrogen-bond acceptors (Lipinski definition) is 1. The SMILES string of the molecule is CC(C)c1cc(Cl)ccc1C(=O)O. The Bertz CT molecular complexity index is 332. The summed E-state index contributed by atoms with van der Waals surface area (Å²) in [5.41, 5.74) is 1.11. The smallest absolute Gasteiger partial charge is 0.335 e. The molecule has 13 heavy (non-hydrogen) atoms. The van der Waals surface area contributed by atoms with Crippen molar-refractivity contribution in [1.82, 2.24) is 0 Å². The van der Waals surface area contributed by atoms with Crippen molar-refractivity contribution in [1.29, 1.82) is 0 Å². The first-order valence-corrected chi connectivity index (χ1v) is 4.43. The van der Waals surface area contributed by atoms with E-state index in [9.17, 15) is 4.79 Å². The number of benzene rings is 1. The normalized spacial score (nSPS) is 10.5. The quantitative estimate of drug-likeness (QED) is 0.793. The molecule has 1 rings (SSSR count). The Morgan fingerprint density at radius 2 is 2.08 bits per heavy atom. The molecule has 70 valence electrons. The Hall–Kier alpha value is -1.02. The van der Waals surface area contributed by atoms with Gasteiger partial charge in [0.2, 0.25) is 0 Å².